The average Bonchev–Trinajstić information content (AvgIpc) is 3.57. The van der Waals surface area contributed by atoms with Crippen LogP contribution in [0, 0.1) is 5.92 Å². The Morgan fingerprint density at radius 2 is 2.00 bits per heavy atom. The van der Waals surface area contributed by atoms with Gasteiger partial charge in [0.15, 0.2) is 0 Å². The highest BCUT2D eigenvalue weighted by Gasteiger charge is 2.28. The van der Waals surface area contributed by atoms with E-state index in [1.54, 1.807) is 18.2 Å². The molecule has 172 valence electrons. The molecule has 1 amide bonds. The van der Waals surface area contributed by atoms with Gasteiger partial charge in [0.05, 0.1) is 19.8 Å². The molecule has 1 aliphatic carbocycles. The molecule has 0 unspecified atom stereocenters. The third kappa shape index (κ3) is 8.43. The van der Waals surface area contributed by atoms with Crippen molar-refractivity contribution in [2.24, 2.45) is 22.5 Å². The Morgan fingerprint density at radius 3 is 2.71 bits per heavy atom. The Labute approximate surface area is 188 Å². The lowest BCUT2D eigenvalue weighted by Gasteiger charge is -2.30. The smallest absolute Gasteiger partial charge is 0.254 e. The number of ether oxygens (including phenoxy) is 2. The number of amides is 1. The number of halogens is 1. The van der Waals surface area contributed by atoms with E-state index in [1.807, 2.05) is 4.90 Å². The van der Waals surface area contributed by atoms with Crippen molar-refractivity contribution in [2.75, 3.05) is 59.2 Å². The third-order valence-corrected chi connectivity index (χ3v) is 5.41. The molecule has 4 N–H and O–H groups in total. The van der Waals surface area contributed by atoms with Crippen LogP contribution in [0.2, 0.25) is 5.02 Å². The van der Waals surface area contributed by atoms with Crippen LogP contribution in [-0.2, 0) is 9.57 Å². The summed E-state index contributed by atoms with van der Waals surface area (Å²) in [7, 11) is 0. The number of nitrogens with two attached hydrogens (primary N) is 2. The van der Waals surface area contributed by atoms with Gasteiger partial charge in [-0.05, 0) is 42.1 Å². The fourth-order valence-electron chi connectivity index (χ4n) is 3.36. The number of rotatable bonds is 12. The van der Waals surface area contributed by atoms with Crippen molar-refractivity contribution in [1.82, 2.24) is 9.80 Å². The van der Waals surface area contributed by atoms with Gasteiger partial charge in [-0.3, -0.25) is 9.69 Å². The summed E-state index contributed by atoms with van der Waals surface area (Å²) in [5, 5.41) is 3.92. The molecule has 1 aromatic carbocycles. The van der Waals surface area contributed by atoms with E-state index in [9.17, 15) is 4.79 Å². The van der Waals surface area contributed by atoms with Gasteiger partial charge in [0.25, 0.3) is 5.91 Å². The second-order valence-corrected chi connectivity index (χ2v) is 8.31. The van der Waals surface area contributed by atoms with Gasteiger partial charge in [0, 0.05) is 49.7 Å². The number of hydrogen-bond acceptors (Lipinski definition) is 6. The van der Waals surface area contributed by atoms with Gasteiger partial charge in [-0.15, -0.1) is 0 Å². The van der Waals surface area contributed by atoms with Crippen LogP contribution in [-0.4, -0.2) is 80.8 Å². The van der Waals surface area contributed by atoms with E-state index in [2.05, 4.69) is 10.1 Å². The first-order chi connectivity index (χ1) is 15.0. The van der Waals surface area contributed by atoms with E-state index in [0.717, 1.165) is 39.4 Å². The lowest BCUT2D eigenvalue weighted by molar-refractivity contribution is 0.0322. The fraction of sp³-hybridized carbons (Fsp3) is 0.619. The largest absolute Gasteiger partial charge is 0.493 e. The zero-order valence-corrected chi connectivity index (χ0v) is 18.6. The molecule has 0 atom stereocenters. The summed E-state index contributed by atoms with van der Waals surface area (Å²) in [6.45, 7) is 6.36. The number of morpholine rings is 1. The topological polar surface area (TPSA) is 116 Å². The molecule has 9 nitrogen and oxygen atoms in total. The summed E-state index contributed by atoms with van der Waals surface area (Å²) in [5.41, 5.74) is 10.9. The van der Waals surface area contributed by atoms with Gasteiger partial charge >= 0.3 is 0 Å². The molecule has 1 aliphatic heterocycles. The second-order valence-electron chi connectivity index (χ2n) is 7.88. The first-order valence-electron chi connectivity index (χ1n) is 10.7. The van der Waals surface area contributed by atoms with Crippen molar-refractivity contribution >= 4 is 23.5 Å². The van der Waals surface area contributed by atoms with Crippen LogP contribution in [0.1, 0.15) is 29.6 Å². The molecule has 0 aromatic heterocycles. The molecule has 1 heterocycles. The van der Waals surface area contributed by atoms with Gasteiger partial charge in [-0.2, -0.15) is 0 Å². The highest BCUT2D eigenvalue weighted by Crippen LogP contribution is 2.30. The number of benzene rings is 1. The van der Waals surface area contributed by atoms with Crippen molar-refractivity contribution in [2.45, 2.75) is 19.3 Å². The summed E-state index contributed by atoms with van der Waals surface area (Å²) in [6, 6.07) is 5.15. The van der Waals surface area contributed by atoms with E-state index in [-0.39, 0.29) is 11.9 Å². The highest BCUT2D eigenvalue weighted by molar-refractivity contribution is 6.31. The first-order valence-corrected chi connectivity index (χ1v) is 11.1. The zero-order chi connectivity index (χ0) is 22.1. The van der Waals surface area contributed by atoms with Crippen LogP contribution in [0.4, 0.5) is 0 Å². The summed E-state index contributed by atoms with van der Waals surface area (Å²) >= 11 is 6.27. The van der Waals surface area contributed by atoms with Crippen LogP contribution in [0.5, 0.6) is 5.75 Å². The lowest BCUT2D eigenvalue weighted by Crippen LogP contribution is -2.43. The zero-order valence-electron chi connectivity index (χ0n) is 17.8. The molecule has 1 saturated carbocycles. The molecular formula is C21H32ClN5O4. The van der Waals surface area contributed by atoms with Crippen LogP contribution in [0.25, 0.3) is 0 Å². The number of guanidine groups is 1. The van der Waals surface area contributed by atoms with E-state index in [1.165, 1.54) is 12.8 Å². The normalized spacial score (nSPS) is 16.5. The van der Waals surface area contributed by atoms with Crippen molar-refractivity contribution in [3.8, 4) is 5.75 Å². The molecule has 0 spiro atoms. The van der Waals surface area contributed by atoms with Gasteiger partial charge in [0.1, 0.15) is 12.4 Å². The maximum absolute atomic E-state index is 13.3. The quantitative estimate of drug-likeness (QED) is 0.213. The Morgan fingerprint density at radius 1 is 1.23 bits per heavy atom. The van der Waals surface area contributed by atoms with Crippen LogP contribution >= 0.6 is 11.6 Å². The Bertz CT molecular complexity index is 749. The molecule has 0 radical (unpaired) electrons. The van der Waals surface area contributed by atoms with Crippen molar-refractivity contribution in [1.29, 1.82) is 0 Å². The second kappa shape index (κ2) is 12.0. The molecule has 2 aliphatic rings. The molecule has 10 heteroatoms. The molecule has 1 saturated heterocycles. The van der Waals surface area contributed by atoms with E-state index in [4.69, 9.17) is 37.4 Å². The van der Waals surface area contributed by atoms with Crippen molar-refractivity contribution < 1.29 is 19.1 Å². The summed E-state index contributed by atoms with van der Waals surface area (Å²) < 4.78 is 11.2. The van der Waals surface area contributed by atoms with Gasteiger partial charge in [-0.25, -0.2) is 0 Å². The van der Waals surface area contributed by atoms with Crippen LogP contribution < -0.4 is 16.2 Å². The maximum Gasteiger partial charge on any atom is 0.254 e. The first kappa shape index (κ1) is 23.4. The van der Waals surface area contributed by atoms with Crippen LogP contribution in [0.3, 0.4) is 0 Å². The summed E-state index contributed by atoms with van der Waals surface area (Å²) in [4.78, 5) is 22.5. The highest BCUT2D eigenvalue weighted by atomic mass is 35.5. The van der Waals surface area contributed by atoms with E-state index >= 15 is 0 Å². The Balaban J connectivity index is 1.56. The Hall–Kier alpha value is -2.23. The fourth-order valence-corrected chi connectivity index (χ4v) is 3.59. The van der Waals surface area contributed by atoms with Gasteiger partial charge < -0.3 is 30.7 Å². The van der Waals surface area contributed by atoms with E-state index in [0.29, 0.717) is 48.4 Å². The number of hydrogen-bond donors (Lipinski definition) is 2. The molecule has 1 aromatic rings. The number of nitrogens with zero attached hydrogens (tertiary/aromatic N) is 3. The molecule has 0 bridgehead atoms. The number of oxime groups is 1. The molecular weight excluding hydrogens is 422 g/mol. The third-order valence-electron chi connectivity index (χ3n) is 5.19. The number of carbonyl (C=O) groups is 1. The van der Waals surface area contributed by atoms with Gasteiger partial charge in [0.2, 0.25) is 5.96 Å². The Kier molecular flexibility index (Phi) is 9.05. The average molecular weight is 454 g/mol. The number of carbonyl (C=O) groups excluding carboxylic acids is 1. The van der Waals surface area contributed by atoms with Gasteiger partial charge in [-0.1, -0.05) is 11.6 Å². The van der Waals surface area contributed by atoms with Crippen molar-refractivity contribution in [3.05, 3.63) is 28.8 Å². The lowest BCUT2D eigenvalue weighted by atomic mass is 10.1. The minimum Gasteiger partial charge on any atom is -0.493 e. The molecule has 3 rings (SSSR count). The summed E-state index contributed by atoms with van der Waals surface area (Å²) in [5.74, 6) is 1.03. The van der Waals surface area contributed by atoms with E-state index < -0.39 is 0 Å². The standard InChI is InChI=1S/C21H32ClN5O4/c22-18-12-17(13-19(14-18)30-8-1-9-31-25-21(23)24)20(28)27(15-16-2-3-16)5-4-26-6-10-29-11-7-26/h12-14,16H,1-11,15H2,(H4,23,24,25). The SMILES string of the molecule is NC(N)=NOCCCOc1cc(Cl)cc(C(=O)N(CCN2CCOCC2)CC2CC2)c1. The predicted molar refractivity (Wildman–Crippen MR) is 119 cm³/mol. The van der Waals surface area contributed by atoms with Crippen LogP contribution in [0.15, 0.2) is 23.4 Å². The monoisotopic (exact) mass is 453 g/mol. The molecule has 31 heavy (non-hydrogen) atoms. The summed E-state index contributed by atoms with van der Waals surface area (Å²) in [6.07, 6.45) is 2.96. The minimum atomic E-state index is -0.122. The molecule has 2 fully saturated rings. The predicted octanol–water partition coefficient (Wildman–Crippen LogP) is 1.50. The van der Waals surface area contributed by atoms with Crippen molar-refractivity contribution in [3.63, 3.8) is 0 Å². The minimum absolute atomic E-state index is 0.0106. The maximum atomic E-state index is 13.3.